The molecule has 2 aromatic rings. The average molecular weight is 320 g/mol. The lowest BCUT2D eigenvalue weighted by atomic mass is 10.2. The van der Waals surface area contributed by atoms with E-state index in [0.29, 0.717) is 11.9 Å². The van der Waals surface area contributed by atoms with E-state index in [2.05, 4.69) is 15.5 Å². The molecule has 1 atom stereocenters. The highest BCUT2D eigenvalue weighted by molar-refractivity contribution is 7.99. The summed E-state index contributed by atoms with van der Waals surface area (Å²) in [6, 6.07) is 7.82. The maximum atomic E-state index is 12.0. The molecule has 1 amide bonds. The first-order chi connectivity index (χ1) is 10.5. The lowest BCUT2D eigenvalue weighted by molar-refractivity contribution is -0.115. The van der Waals surface area contributed by atoms with E-state index in [-0.39, 0.29) is 11.2 Å². The van der Waals surface area contributed by atoms with Crippen LogP contribution in [0.5, 0.6) is 0 Å². The molecule has 0 aliphatic carbocycles. The average Bonchev–Trinajstić information content (AvgIpc) is 2.99. The van der Waals surface area contributed by atoms with Crippen LogP contribution >= 0.6 is 11.8 Å². The zero-order valence-corrected chi connectivity index (χ0v) is 14.0. The molecule has 0 spiro atoms. The van der Waals surface area contributed by atoms with Crippen molar-refractivity contribution in [1.29, 1.82) is 0 Å². The summed E-state index contributed by atoms with van der Waals surface area (Å²) in [4.78, 5) is 13.8. The van der Waals surface area contributed by atoms with Gasteiger partial charge in [-0.25, -0.2) is 0 Å². The molecule has 0 unspecified atom stereocenters. The molecular formula is C15H20N4O2S. The van der Waals surface area contributed by atoms with E-state index in [1.54, 1.807) is 16.7 Å². The van der Waals surface area contributed by atoms with Crippen molar-refractivity contribution in [3.63, 3.8) is 0 Å². The van der Waals surface area contributed by atoms with Gasteiger partial charge < -0.3 is 14.6 Å². The van der Waals surface area contributed by atoms with Crippen LogP contribution in [-0.4, -0.2) is 41.7 Å². The Balaban J connectivity index is 2.08. The van der Waals surface area contributed by atoms with E-state index in [1.165, 1.54) is 0 Å². The van der Waals surface area contributed by atoms with Crippen LogP contribution in [0.15, 0.2) is 28.7 Å². The van der Waals surface area contributed by atoms with E-state index in [1.807, 2.05) is 51.5 Å². The Kier molecular flexibility index (Phi) is 5.43. The second-order valence-electron chi connectivity index (χ2n) is 4.98. The summed E-state index contributed by atoms with van der Waals surface area (Å²) in [6.45, 7) is 2.00. The Labute approximate surface area is 134 Å². The van der Waals surface area contributed by atoms with Crippen molar-refractivity contribution in [2.24, 2.45) is 0 Å². The molecule has 0 bridgehead atoms. The predicted molar refractivity (Wildman–Crippen MR) is 90.3 cm³/mol. The molecule has 0 aliphatic heterocycles. The van der Waals surface area contributed by atoms with Gasteiger partial charge in [-0.2, -0.15) is 11.8 Å². The number of hydrogen-bond donors (Lipinski definition) is 1. The molecule has 0 fully saturated rings. The van der Waals surface area contributed by atoms with Gasteiger partial charge >= 0.3 is 6.01 Å². The van der Waals surface area contributed by atoms with Crippen molar-refractivity contribution in [3.05, 3.63) is 24.3 Å². The lowest BCUT2D eigenvalue weighted by Gasteiger charge is -2.12. The van der Waals surface area contributed by atoms with Gasteiger partial charge in [0.05, 0.1) is 5.25 Å². The van der Waals surface area contributed by atoms with E-state index < -0.39 is 0 Å². The zero-order valence-electron chi connectivity index (χ0n) is 13.2. The van der Waals surface area contributed by atoms with Crippen molar-refractivity contribution in [2.75, 3.05) is 30.6 Å². The number of thioether (sulfide) groups is 1. The van der Waals surface area contributed by atoms with Gasteiger partial charge in [0.15, 0.2) is 0 Å². The molecular weight excluding hydrogens is 300 g/mol. The van der Waals surface area contributed by atoms with Crippen molar-refractivity contribution in [3.8, 4) is 11.5 Å². The maximum Gasteiger partial charge on any atom is 0.317 e. The fourth-order valence-electron chi connectivity index (χ4n) is 1.89. The van der Waals surface area contributed by atoms with Gasteiger partial charge in [0.2, 0.25) is 11.8 Å². The van der Waals surface area contributed by atoms with Gasteiger partial charge in [-0.3, -0.25) is 4.79 Å². The van der Waals surface area contributed by atoms with Crippen LogP contribution in [-0.2, 0) is 4.79 Å². The van der Waals surface area contributed by atoms with Crippen molar-refractivity contribution >= 4 is 29.4 Å². The van der Waals surface area contributed by atoms with Crippen molar-refractivity contribution < 1.29 is 9.21 Å². The second-order valence-corrected chi connectivity index (χ2v) is 6.02. The van der Waals surface area contributed by atoms with Gasteiger partial charge in [0, 0.05) is 25.3 Å². The van der Waals surface area contributed by atoms with Crippen LogP contribution in [0.2, 0.25) is 0 Å². The van der Waals surface area contributed by atoms with Gasteiger partial charge in [0.1, 0.15) is 0 Å². The molecule has 1 N–H and O–H groups in total. The zero-order chi connectivity index (χ0) is 16.1. The summed E-state index contributed by atoms with van der Waals surface area (Å²) in [7, 11) is 3.68. The van der Waals surface area contributed by atoms with Crippen LogP contribution in [0, 0.1) is 0 Å². The lowest BCUT2D eigenvalue weighted by Crippen LogP contribution is -2.24. The summed E-state index contributed by atoms with van der Waals surface area (Å²) < 4.78 is 5.54. The number of carbonyl (C=O) groups excluding carboxylic acids is 1. The van der Waals surface area contributed by atoms with E-state index >= 15 is 0 Å². The Bertz CT molecular complexity index is 621. The van der Waals surface area contributed by atoms with Gasteiger partial charge in [0.25, 0.3) is 0 Å². The minimum atomic E-state index is -0.0294. The Morgan fingerprint density at radius 2 is 2.00 bits per heavy atom. The second kappa shape index (κ2) is 7.31. The Morgan fingerprint density at radius 1 is 1.32 bits per heavy atom. The van der Waals surface area contributed by atoms with Crippen molar-refractivity contribution in [2.45, 2.75) is 18.6 Å². The molecule has 0 aliphatic rings. The highest BCUT2D eigenvalue weighted by Crippen LogP contribution is 2.23. The number of carbonyl (C=O) groups is 1. The number of amides is 1. The number of rotatable bonds is 6. The highest BCUT2D eigenvalue weighted by atomic mass is 32.2. The van der Waals surface area contributed by atoms with Crippen molar-refractivity contribution in [1.82, 2.24) is 10.2 Å². The van der Waals surface area contributed by atoms with Crippen LogP contribution < -0.4 is 10.2 Å². The first-order valence-electron chi connectivity index (χ1n) is 7.00. The first kappa shape index (κ1) is 16.4. The summed E-state index contributed by atoms with van der Waals surface area (Å²) in [5.74, 6) is 0.479. The van der Waals surface area contributed by atoms with Crippen LogP contribution in [0.3, 0.4) is 0 Å². The topological polar surface area (TPSA) is 71.3 Å². The van der Waals surface area contributed by atoms with Gasteiger partial charge in [-0.15, -0.1) is 5.10 Å². The number of hydrogen-bond acceptors (Lipinski definition) is 6. The van der Waals surface area contributed by atoms with Crippen LogP contribution in [0.4, 0.5) is 11.7 Å². The normalized spacial score (nSPS) is 12.0. The first-order valence-corrected chi connectivity index (χ1v) is 8.28. The summed E-state index contributed by atoms with van der Waals surface area (Å²) in [5.41, 5.74) is 1.57. The standard InChI is InChI=1S/C15H20N4O2S/c1-5-12(22-4)13(20)16-11-8-6-10(7-9-11)14-17-18-15(21-14)19(2)3/h6-9,12H,5H2,1-4H3,(H,16,20)/t12-/m1/s1. The third-order valence-electron chi connectivity index (χ3n) is 3.14. The minimum absolute atomic E-state index is 0.0236. The number of aromatic nitrogens is 2. The number of anilines is 2. The van der Waals surface area contributed by atoms with Gasteiger partial charge in [-0.1, -0.05) is 12.0 Å². The fourth-order valence-corrected chi connectivity index (χ4v) is 2.50. The smallest absolute Gasteiger partial charge is 0.317 e. The maximum absolute atomic E-state index is 12.0. The Hall–Kier alpha value is -2.02. The van der Waals surface area contributed by atoms with E-state index in [0.717, 1.165) is 17.7 Å². The third kappa shape index (κ3) is 3.79. The molecule has 0 radical (unpaired) electrons. The number of benzene rings is 1. The largest absolute Gasteiger partial charge is 0.403 e. The van der Waals surface area contributed by atoms with Gasteiger partial charge in [-0.05, 0) is 36.9 Å². The SMILES string of the molecule is CC[C@@H](SC)C(=O)Nc1ccc(-c2nnc(N(C)C)o2)cc1. The third-order valence-corrected chi connectivity index (χ3v) is 4.26. The fraction of sp³-hybridized carbons (Fsp3) is 0.400. The summed E-state index contributed by atoms with van der Waals surface area (Å²) in [5, 5.41) is 10.8. The molecule has 7 heteroatoms. The molecule has 0 saturated heterocycles. The highest BCUT2D eigenvalue weighted by Gasteiger charge is 2.15. The predicted octanol–water partition coefficient (Wildman–Crippen LogP) is 2.88. The molecule has 118 valence electrons. The molecule has 2 rings (SSSR count). The Morgan fingerprint density at radius 3 is 2.50 bits per heavy atom. The van der Waals surface area contributed by atoms with E-state index in [4.69, 9.17) is 4.42 Å². The molecule has 1 aromatic heterocycles. The summed E-state index contributed by atoms with van der Waals surface area (Å²) >= 11 is 1.55. The quantitative estimate of drug-likeness (QED) is 0.882. The van der Waals surface area contributed by atoms with Crippen LogP contribution in [0.25, 0.3) is 11.5 Å². The molecule has 6 nitrogen and oxygen atoms in total. The summed E-state index contributed by atoms with van der Waals surface area (Å²) in [6.07, 6.45) is 2.75. The molecule has 0 saturated carbocycles. The number of nitrogens with zero attached hydrogens (tertiary/aromatic N) is 3. The molecule has 1 aromatic carbocycles. The molecule has 1 heterocycles. The van der Waals surface area contributed by atoms with E-state index in [9.17, 15) is 4.79 Å². The number of nitrogens with one attached hydrogen (secondary N) is 1. The van der Waals surface area contributed by atoms with Crippen LogP contribution in [0.1, 0.15) is 13.3 Å². The monoisotopic (exact) mass is 320 g/mol. The minimum Gasteiger partial charge on any atom is -0.403 e. The molecule has 22 heavy (non-hydrogen) atoms.